The number of amidine groups is 1. The average molecular weight is 319 g/mol. The van der Waals surface area contributed by atoms with Crippen molar-refractivity contribution in [1.82, 2.24) is 14.3 Å². The molecule has 4 rings (SSSR count). The van der Waals surface area contributed by atoms with Gasteiger partial charge in [0.25, 0.3) is 0 Å². The molecule has 0 saturated carbocycles. The fourth-order valence-corrected chi connectivity index (χ4v) is 2.94. The first-order valence-corrected chi connectivity index (χ1v) is 7.79. The van der Waals surface area contributed by atoms with Gasteiger partial charge in [0.15, 0.2) is 5.84 Å². The highest BCUT2D eigenvalue weighted by Gasteiger charge is 2.24. The molecule has 0 fully saturated rings. The smallest absolute Gasteiger partial charge is 0.351 e. The lowest BCUT2D eigenvalue weighted by Crippen LogP contribution is -2.26. The summed E-state index contributed by atoms with van der Waals surface area (Å²) in [5, 5.41) is 4.43. The van der Waals surface area contributed by atoms with E-state index in [0.29, 0.717) is 18.8 Å². The number of aliphatic imine (C=N–C) groups is 1. The van der Waals surface area contributed by atoms with Crippen molar-refractivity contribution in [2.24, 2.45) is 10.7 Å². The van der Waals surface area contributed by atoms with Crippen LogP contribution in [0, 0.1) is 0 Å². The van der Waals surface area contributed by atoms with Gasteiger partial charge < -0.3 is 5.73 Å². The van der Waals surface area contributed by atoms with Crippen molar-refractivity contribution in [3.8, 4) is 0 Å². The van der Waals surface area contributed by atoms with Gasteiger partial charge in [-0.15, -0.1) is 5.10 Å². The van der Waals surface area contributed by atoms with Gasteiger partial charge in [-0.2, -0.15) is 0 Å². The minimum atomic E-state index is -0.201. The Balaban J connectivity index is 1.87. The van der Waals surface area contributed by atoms with E-state index < -0.39 is 0 Å². The predicted molar refractivity (Wildman–Crippen MR) is 93.5 cm³/mol. The van der Waals surface area contributed by atoms with Crippen LogP contribution in [0.3, 0.4) is 0 Å². The van der Waals surface area contributed by atoms with Crippen LogP contribution < -0.4 is 11.4 Å². The minimum Gasteiger partial charge on any atom is -0.381 e. The first-order chi connectivity index (χ1) is 11.6. The Morgan fingerprint density at radius 3 is 2.83 bits per heavy atom. The van der Waals surface area contributed by atoms with Gasteiger partial charge >= 0.3 is 5.69 Å². The molecule has 0 amide bonds. The van der Waals surface area contributed by atoms with Crippen molar-refractivity contribution >= 4 is 11.5 Å². The van der Waals surface area contributed by atoms with Crippen LogP contribution in [0.15, 0.2) is 69.6 Å². The fourth-order valence-electron chi connectivity index (χ4n) is 2.94. The van der Waals surface area contributed by atoms with Crippen LogP contribution in [0.1, 0.15) is 24.7 Å². The third-order valence-electron chi connectivity index (χ3n) is 4.22. The number of benzene rings is 1. The molecule has 1 aromatic carbocycles. The summed E-state index contributed by atoms with van der Waals surface area (Å²) in [6.07, 6.45) is 6.39. The Labute approximate surface area is 138 Å². The molecule has 1 aromatic heterocycles. The molecule has 120 valence electrons. The van der Waals surface area contributed by atoms with Gasteiger partial charge in [0.05, 0.1) is 12.2 Å². The summed E-state index contributed by atoms with van der Waals surface area (Å²) in [6, 6.07) is 9.75. The standard InChI is InChI=1S/C18H17N5O/c1-12-6-5-9-14-10-15(12)20-16(19)17-21-22(18(24)23(14)17)11-13-7-3-2-4-8-13/h2-9H,10-11H2,1H3,(H2,19,20). The molecule has 0 unspecified atom stereocenters. The molecule has 6 nitrogen and oxygen atoms in total. The molecular weight excluding hydrogens is 302 g/mol. The zero-order valence-electron chi connectivity index (χ0n) is 13.3. The number of nitrogens with two attached hydrogens (primary N) is 1. The summed E-state index contributed by atoms with van der Waals surface area (Å²) in [4.78, 5) is 17.4. The van der Waals surface area contributed by atoms with Crippen LogP contribution in [-0.4, -0.2) is 20.2 Å². The monoisotopic (exact) mass is 319 g/mol. The molecule has 0 spiro atoms. The zero-order chi connectivity index (χ0) is 16.7. The fraction of sp³-hybridized carbons (Fsp3) is 0.167. The lowest BCUT2D eigenvalue weighted by Gasteiger charge is -2.05. The number of allylic oxidation sites excluding steroid dienone is 5. The molecule has 1 aliphatic carbocycles. The predicted octanol–water partition coefficient (Wildman–Crippen LogP) is 1.89. The van der Waals surface area contributed by atoms with Crippen molar-refractivity contribution in [2.75, 3.05) is 0 Å². The second kappa shape index (κ2) is 5.49. The topological polar surface area (TPSA) is 78.2 Å². The van der Waals surface area contributed by atoms with Crippen LogP contribution in [-0.2, 0) is 6.54 Å². The van der Waals surface area contributed by atoms with Gasteiger partial charge in [-0.3, -0.25) is 0 Å². The number of aromatic nitrogens is 3. The quantitative estimate of drug-likeness (QED) is 0.918. The molecule has 0 radical (unpaired) electrons. The molecule has 0 saturated heterocycles. The van der Waals surface area contributed by atoms with Gasteiger partial charge in [-0.1, -0.05) is 42.5 Å². The van der Waals surface area contributed by atoms with Gasteiger partial charge in [0.1, 0.15) is 0 Å². The van der Waals surface area contributed by atoms with Crippen LogP contribution >= 0.6 is 0 Å². The molecule has 2 aromatic rings. The largest absolute Gasteiger partial charge is 0.381 e. The van der Waals surface area contributed by atoms with Crippen molar-refractivity contribution in [1.29, 1.82) is 0 Å². The van der Waals surface area contributed by atoms with E-state index in [1.54, 1.807) is 4.57 Å². The van der Waals surface area contributed by atoms with E-state index in [9.17, 15) is 4.79 Å². The maximum atomic E-state index is 12.9. The SMILES string of the molecule is CC1=C2CC(=CC=C1)n1c(nn(Cc3ccccc3)c1=O)C(N)=N2. The van der Waals surface area contributed by atoms with Crippen molar-refractivity contribution < 1.29 is 0 Å². The maximum absolute atomic E-state index is 12.9. The van der Waals surface area contributed by atoms with E-state index in [1.165, 1.54) is 4.68 Å². The van der Waals surface area contributed by atoms with E-state index >= 15 is 0 Å². The lowest BCUT2D eigenvalue weighted by atomic mass is 10.2. The second-order valence-electron chi connectivity index (χ2n) is 5.91. The normalized spacial score (nSPS) is 16.2. The molecule has 1 aliphatic heterocycles. The minimum absolute atomic E-state index is 0.201. The van der Waals surface area contributed by atoms with E-state index in [1.807, 2.05) is 55.5 Å². The highest BCUT2D eigenvalue weighted by Crippen LogP contribution is 2.26. The molecule has 0 atom stereocenters. The summed E-state index contributed by atoms with van der Waals surface area (Å²) in [6.45, 7) is 2.39. The van der Waals surface area contributed by atoms with E-state index in [2.05, 4.69) is 10.1 Å². The summed E-state index contributed by atoms with van der Waals surface area (Å²) in [5.74, 6) is 0.673. The average Bonchev–Trinajstić information content (AvgIpc) is 2.71. The second-order valence-corrected chi connectivity index (χ2v) is 5.91. The Kier molecular flexibility index (Phi) is 3.30. The highest BCUT2D eigenvalue weighted by molar-refractivity contribution is 5.96. The molecule has 6 heteroatoms. The van der Waals surface area contributed by atoms with Gasteiger partial charge in [0, 0.05) is 12.1 Å². The van der Waals surface area contributed by atoms with Crippen molar-refractivity contribution in [3.63, 3.8) is 0 Å². The summed E-state index contributed by atoms with van der Waals surface area (Å²) in [5.41, 5.74) is 9.67. The first-order valence-electron chi connectivity index (χ1n) is 7.79. The number of hydrogen-bond acceptors (Lipinski definition) is 4. The van der Waals surface area contributed by atoms with E-state index in [4.69, 9.17) is 5.73 Å². The first kappa shape index (κ1) is 14.4. The molecule has 2 N–H and O–H groups in total. The van der Waals surface area contributed by atoms with Gasteiger partial charge in [0.2, 0.25) is 5.82 Å². The molecule has 2 bridgehead atoms. The van der Waals surface area contributed by atoms with Crippen molar-refractivity contribution in [3.05, 3.63) is 81.7 Å². The van der Waals surface area contributed by atoms with Gasteiger partial charge in [-0.25, -0.2) is 19.0 Å². The number of nitrogens with zero attached hydrogens (tertiary/aromatic N) is 4. The third-order valence-corrected chi connectivity index (χ3v) is 4.22. The number of hydrogen-bond donors (Lipinski definition) is 1. The van der Waals surface area contributed by atoms with Crippen molar-refractivity contribution in [2.45, 2.75) is 19.9 Å². The van der Waals surface area contributed by atoms with Gasteiger partial charge in [-0.05, 0) is 24.1 Å². The van der Waals surface area contributed by atoms with Crippen LogP contribution in [0.25, 0.3) is 5.70 Å². The molecular formula is C18H17N5O. The summed E-state index contributed by atoms with van der Waals surface area (Å²) < 4.78 is 3.00. The Hall–Kier alpha value is -3.15. The Morgan fingerprint density at radius 1 is 1.25 bits per heavy atom. The zero-order valence-corrected chi connectivity index (χ0v) is 13.3. The summed E-state index contributed by atoms with van der Waals surface area (Å²) in [7, 11) is 0. The van der Waals surface area contributed by atoms with E-state index in [0.717, 1.165) is 22.5 Å². The molecule has 2 heterocycles. The highest BCUT2D eigenvalue weighted by atomic mass is 16.2. The number of fused-ring (bicyclic) bond motifs is 4. The number of rotatable bonds is 2. The Bertz CT molecular complexity index is 986. The molecule has 24 heavy (non-hydrogen) atoms. The maximum Gasteiger partial charge on any atom is 0.351 e. The summed E-state index contributed by atoms with van der Waals surface area (Å²) >= 11 is 0. The van der Waals surface area contributed by atoms with E-state index in [-0.39, 0.29) is 11.5 Å². The molecule has 2 aliphatic rings. The Morgan fingerprint density at radius 2 is 2.04 bits per heavy atom. The lowest BCUT2D eigenvalue weighted by molar-refractivity contribution is 0.652. The van der Waals surface area contributed by atoms with Crippen LogP contribution in [0.2, 0.25) is 0 Å². The van der Waals surface area contributed by atoms with Crippen LogP contribution in [0.4, 0.5) is 0 Å². The third kappa shape index (κ3) is 2.32. The van der Waals surface area contributed by atoms with Crippen LogP contribution in [0.5, 0.6) is 0 Å².